The molecular formula is C13H22BrN3O. The van der Waals surface area contributed by atoms with Gasteiger partial charge in [-0.2, -0.15) is 5.10 Å². The van der Waals surface area contributed by atoms with Crippen molar-refractivity contribution in [1.82, 2.24) is 9.78 Å². The molecule has 0 saturated heterocycles. The maximum atomic E-state index is 12.4. The molecule has 1 aromatic rings. The lowest BCUT2D eigenvalue weighted by molar-refractivity contribution is -0.127. The van der Waals surface area contributed by atoms with E-state index in [9.17, 15) is 4.79 Å². The third-order valence-corrected chi connectivity index (χ3v) is 4.65. The van der Waals surface area contributed by atoms with E-state index < -0.39 is 5.41 Å². The van der Waals surface area contributed by atoms with Crippen LogP contribution in [0, 0.1) is 5.41 Å². The van der Waals surface area contributed by atoms with Gasteiger partial charge in [-0.1, -0.05) is 20.8 Å². The van der Waals surface area contributed by atoms with Gasteiger partial charge in [0.1, 0.15) is 5.78 Å². The van der Waals surface area contributed by atoms with Gasteiger partial charge in [0, 0.05) is 19.0 Å². The minimum atomic E-state index is -0.434. The zero-order valence-electron chi connectivity index (χ0n) is 11.6. The molecule has 0 aliphatic heterocycles. The summed E-state index contributed by atoms with van der Waals surface area (Å²) in [5.74, 6) is 0.179. The molecule has 102 valence electrons. The van der Waals surface area contributed by atoms with Crippen molar-refractivity contribution in [3.63, 3.8) is 0 Å². The lowest BCUT2D eigenvalue weighted by atomic mass is 9.81. The number of hydrogen-bond donors (Lipinski definition) is 1. The van der Waals surface area contributed by atoms with Gasteiger partial charge < -0.3 is 5.73 Å². The number of aromatic nitrogens is 2. The van der Waals surface area contributed by atoms with E-state index in [2.05, 4.69) is 28.0 Å². The minimum Gasteiger partial charge on any atom is -0.329 e. The Morgan fingerprint density at radius 1 is 1.50 bits per heavy atom. The Morgan fingerprint density at radius 2 is 2.11 bits per heavy atom. The molecule has 1 aromatic heterocycles. The molecule has 0 saturated carbocycles. The molecule has 0 aromatic carbocycles. The summed E-state index contributed by atoms with van der Waals surface area (Å²) in [6.45, 7) is 6.37. The molecule has 5 heteroatoms. The zero-order valence-corrected chi connectivity index (χ0v) is 13.2. The van der Waals surface area contributed by atoms with Crippen molar-refractivity contribution in [3.05, 3.63) is 15.9 Å². The number of aryl methyl sites for hydroxylation is 2. The van der Waals surface area contributed by atoms with Crippen LogP contribution in [0.1, 0.15) is 38.6 Å². The van der Waals surface area contributed by atoms with Crippen LogP contribution in [0.15, 0.2) is 4.47 Å². The first-order chi connectivity index (χ1) is 8.39. The zero-order chi connectivity index (χ0) is 13.9. The van der Waals surface area contributed by atoms with E-state index >= 15 is 0 Å². The smallest absolute Gasteiger partial charge is 0.145 e. The first-order valence-corrected chi connectivity index (χ1v) is 7.12. The van der Waals surface area contributed by atoms with Gasteiger partial charge in [0.15, 0.2) is 0 Å². The first kappa shape index (κ1) is 15.4. The Balaban J connectivity index is 2.98. The summed E-state index contributed by atoms with van der Waals surface area (Å²) in [7, 11) is 1.87. The van der Waals surface area contributed by atoms with Crippen LogP contribution >= 0.6 is 15.9 Å². The van der Waals surface area contributed by atoms with Crippen molar-refractivity contribution in [2.24, 2.45) is 18.2 Å². The number of rotatable bonds is 6. The lowest BCUT2D eigenvalue weighted by Crippen LogP contribution is -2.36. The highest BCUT2D eigenvalue weighted by Crippen LogP contribution is 2.27. The monoisotopic (exact) mass is 315 g/mol. The number of halogens is 1. The Morgan fingerprint density at radius 3 is 2.50 bits per heavy atom. The van der Waals surface area contributed by atoms with Crippen LogP contribution in [-0.2, 0) is 24.7 Å². The predicted molar refractivity (Wildman–Crippen MR) is 76.4 cm³/mol. The molecule has 2 N–H and O–H groups in total. The van der Waals surface area contributed by atoms with Crippen LogP contribution in [0.3, 0.4) is 0 Å². The van der Waals surface area contributed by atoms with Gasteiger partial charge in [-0.3, -0.25) is 9.48 Å². The molecule has 0 amide bonds. The molecule has 1 heterocycles. The van der Waals surface area contributed by atoms with Crippen molar-refractivity contribution in [2.45, 2.75) is 40.0 Å². The Hall–Kier alpha value is -0.680. The fourth-order valence-corrected chi connectivity index (χ4v) is 2.59. The van der Waals surface area contributed by atoms with E-state index in [-0.39, 0.29) is 5.78 Å². The second-order valence-electron chi connectivity index (χ2n) is 4.90. The summed E-state index contributed by atoms with van der Waals surface area (Å²) >= 11 is 3.53. The van der Waals surface area contributed by atoms with Gasteiger partial charge in [0.2, 0.25) is 0 Å². The van der Waals surface area contributed by atoms with E-state index in [1.165, 1.54) is 0 Å². The van der Waals surface area contributed by atoms with Gasteiger partial charge in [0.05, 0.1) is 22.3 Å². The highest BCUT2D eigenvalue weighted by Gasteiger charge is 2.30. The largest absolute Gasteiger partial charge is 0.329 e. The van der Waals surface area contributed by atoms with E-state index in [0.29, 0.717) is 13.0 Å². The number of Topliss-reactive ketones (excluding diaryl/α,β-unsaturated/α-hetero) is 1. The Kier molecular flexibility index (Phi) is 5.10. The molecule has 0 radical (unpaired) electrons. The van der Waals surface area contributed by atoms with Gasteiger partial charge in [0.25, 0.3) is 0 Å². The van der Waals surface area contributed by atoms with Crippen LogP contribution in [0.5, 0.6) is 0 Å². The summed E-state index contributed by atoms with van der Waals surface area (Å²) in [6.07, 6.45) is 1.99. The second-order valence-corrected chi connectivity index (χ2v) is 5.70. The number of carbonyl (C=O) groups excluding carboxylic acids is 1. The maximum absolute atomic E-state index is 12.4. The molecule has 0 aliphatic rings. The van der Waals surface area contributed by atoms with Gasteiger partial charge >= 0.3 is 0 Å². The molecule has 0 bridgehead atoms. The van der Waals surface area contributed by atoms with Crippen LogP contribution < -0.4 is 5.73 Å². The summed E-state index contributed by atoms with van der Waals surface area (Å²) in [6, 6.07) is 0. The Labute approximate surface area is 117 Å². The third-order valence-electron chi connectivity index (χ3n) is 3.73. The standard InChI is InChI=1S/C13H22BrN3O/c1-5-9-12(14)10(17(4)16-9)7-11(18)13(3,6-2)8-15/h5-8,15H2,1-4H3. The fraction of sp³-hybridized carbons (Fsp3) is 0.692. The number of carbonyl (C=O) groups is 1. The van der Waals surface area contributed by atoms with E-state index in [4.69, 9.17) is 5.73 Å². The van der Waals surface area contributed by atoms with Crippen molar-refractivity contribution in [1.29, 1.82) is 0 Å². The average Bonchev–Trinajstić information content (AvgIpc) is 2.64. The number of ketones is 1. The number of nitrogens with two attached hydrogens (primary N) is 1. The highest BCUT2D eigenvalue weighted by molar-refractivity contribution is 9.10. The predicted octanol–water partition coefficient (Wildman–Crippen LogP) is 2.23. The molecule has 4 nitrogen and oxygen atoms in total. The summed E-state index contributed by atoms with van der Waals surface area (Å²) in [4.78, 5) is 12.4. The fourth-order valence-electron chi connectivity index (χ4n) is 1.83. The van der Waals surface area contributed by atoms with Crippen LogP contribution in [-0.4, -0.2) is 22.1 Å². The minimum absolute atomic E-state index is 0.179. The van der Waals surface area contributed by atoms with Crippen molar-refractivity contribution >= 4 is 21.7 Å². The van der Waals surface area contributed by atoms with E-state index in [0.717, 1.165) is 28.7 Å². The summed E-state index contributed by atoms with van der Waals surface area (Å²) < 4.78 is 2.74. The molecule has 1 atom stereocenters. The topological polar surface area (TPSA) is 60.9 Å². The molecule has 0 fully saturated rings. The van der Waals surface area contributed by atoms with E-state index in [1.54, 1.807) is 4.68 Å². The van der Waals surface area contributed by atoms with Gasteiger partial charge in [-0.05, 0) is 28.8 Å². The van der Waals surface area contributed by atoms with Gasteiger partial charge in [-0.15, -0.1) is 0 Å². The van der Waals surface area contributed by atoms with Crippen LogP contribution in [0.4, 0.5) is 0 Å². The molecule has 1 unspecified atom stereocenters. The molecule has 0 spiro atoms. The van der Waals surface area contributed by atoms with Crippen molar-refractivity contribution in [3.8, 4) is 0 Å². The maximum Gasteiger partial charge on any atom is 0.145 e. The quantitative estimate of drug-likeness (QED) is 0.875. The summed E-state index contributed by atoms with van der Waals surface area (Å²) in [5, 5.41) is 4.40. The molecule has 18 heavy (non-hydrogen) atoms. The second kappa shape index (κ2) is 5.97. The third kappa shape index (κ3) is 2.83. The average molecular weight is 316 g/mol. The van der Waals surface area contributed by atoms with Gasteiger partial charge in [-0.25, -0.2) is 0 Å². The van der Waals surface area contributed by atoms with E-state index in [1.807, 2.05) is 20.9 Å². The number of nitrogens with zero attached hydrogens (tertiary/aromatic N) is 2. The first-order valence-electron chi connectivity index (χ1n) is 6.33. The normalized spacial score (nSPS) is 14.6. The van der Waals surface area contributed by atoms with Crippen LogP contribution in [0.2, 0.25) is 0 Å². The SMILES string of the molecule is CCc1nn(C)c(CC(=O)C(C)(CC)CN)c1Br. The number of hydrogen-bond acceptors (Lipinski definition) is 3. The molecular weight excluding hydrogens is 294 g/mol. The molecule has 1 rings (SSSR count). The lowest BCUT2D eigenvalue weighted by Gasteiger charge is -2.24. The molecule has 0 aliphatic carbocycles. The van der Waals surface area contributed by atoms with Crippen LogP contribution in [0.25, 0.3) is 0 Å². The summed E-state index contributed by atoms with van der Waals surface area (Å²) in [5.41, 5.74) is 7.22. The van der Waals surface area contributed by atoms with Crippen molar-refractivity contribution in [2.75, 3.05) is 6.54 Å². The van der Waals surface area contributed by atoms with Crippen molar-refractivity contribution < 1.29 is 4.79 Å². The Bertz CT molecular complexity index is 436. The highest BCUT2D eigenvalue weighted by atomic mass is 79.9.